The fourth-order valence-electron chi connectivity index (χ4n) is 1.95. The highest BCUT2D eigenvalue weighted by Gasteiger charge is 2.17. The third-order valence-electron chi connectivity index (χ3n) is 2.99. The smallest absolute Gasteiger partial charge is 0.164 e. The highest BCUT2D eigenvalue weighted by molar-refractivity contribution is 5.82. The third kappa shape index (κ3) is 1.86. The number of aromatic nitrogens is 3. The lowest BCUT2D eigenvalue weighted by Gasteiger charge is -2.06. The van der Waals surface area contributed by atoms with E-state index in [4.69, 9.17) is 11.5 Å². The predicted octanol–water partition coefficient (Wildman–Crippen LogP) is 1.87. The van der Waals surface area contributed by atoms with Crippen molar-refractivity contribution in [2.45, 2.75) is 6.61 Å². The van der Waals surface area contributed by atoms with E-state index in [-0.39, 0.29) is 6.61 Å². The van der Waals surface area contributed by atoms with Crippen LogP contribution >= 0.6 is 0 Å². The molecule has 0 aliphatic carbocycles. The summed E-state index contributed by atoms with van der Waals surface area (Å²) in [7, 11) is 0. The fraction of sp³-hybridized carbons (Fsp3) is 0.0667. The van der Waals surface area contributed by atoms with Gasteiger partial charge in [0.25, 0.3) is 0 Å². The van der Waals surface area contributed by atoms with Crippen LogP contribution < -0.4 is 0 Å². The minimum atomic E-state index is 0.0143. The van der Waals surface area contributed by atoms with E-state index in [9.17, 15) is 0 Å². The average molecular weight is 249 g/mol. The summed E-state index contributed by atoms with van der Waals surface area (Å²) in [5, 5.41) is 12.8. The van der Waals surface area contributed by atoms with Gasteiger partial charge in [0.15, 0.2) is 5.65 Å². The lowest BCUT2D eigenvalue weighted by molar-refractivity contribution is 0.281. The highest BCUT2D eigenvalue weighted by atomic mass is 16.3. The first-order valence-electron chi connectivity index (χ1n) is 5.83. The number of pyridine rings is 1. The molecular weight excluding hydrogens is 238 g/mol. The standard InChI is InChI=1S/C9H8O.C6H3N3/c1-2-8-5-3-4-6-9(8)7-10;1-2-9-6-4(3-7-9)5(1)8-6/h1,3-6,10H,7H2;1-3H. The zero-order valence-electron chi connectivity index (χ0n) is 10.1. The second kappa shape index (κ2) is 4.56. The quantitative estimate of drug-likeness (QED) is 0.524. The number of rotatable bonds is 1. The Morgan fingerprint density at radius 3 is 2.68 bits per heavy atom. The molecule has 4 heterocycles. The Morgan fingerprint density at radius 1 is 1.26 bits per heavy atom. The van der Waals surface area contributed by atoms with Crippen LogP contribution in [0, 0.1) is 12.3 Å². The van der Waals surface area contributed by atoms with Crippen molar-refractivity contribution in [2.75, 3.05) is 0 Å². The third-order valence-corrected chi connectivity index (χ3v) is 2.99. The van der Waals surface area contributed by atoms with Crippen LogP contribution in [0.3, 0.4) is 0 Å². The first-order valence-corrected chi connectivity index (χ1v) is 5.83. The molecule has 4 nitrogen and oxygen atoms in total. The summed E-state index contributed by atoms with van der Waals surface area (Å²) in [6.45, 7) is 0.0143. The van der Waals surface area contributed by atoms with E-state index in [2.05, 4.69) is 16.0 Å². The van der Waals surface area contributed by atoms with Crippen molar-refractivity contribution in [1.82, 2.24) is 14.6 Å². The van der Waals surface area contributed by atoms with E-state index in [1.807, 2.05) is 42.7 Å². The Balaban J connectivity index is 0.000000116. The van der Waals surface area contributed by atoms with E-state index in [0.29, 0.717) is 0 Å². The molecule has 92 valence electrons. The van der Waals surface area contributed by atoms with Gasteiger partial charge < -0.3 is 5.11 Å². The number of nitrogens with zero attached hydrogens (tertiary/aromatic N) is 3. The van der Waals surface area contributed by atoms with E-state index in [1.165, 1.54) is 5.56 Å². The SMILES string of the molecule is C#Cc1ccccc1CO.c1cn2ncc3c2nc1-3. The molecular formula is C15H11N3O. The molecule has 0 unspecified atom stereocenters. The minimum absolute atomic E-state index is 0.0143. The summed E-state index contributed by atoms with van der Waals surface area (Å²) < 4.78 is 1.78. The average Bonchev–Trinajstić information content (AvgIpc) is 2.69. The Labute approximate surface area is 110 Å². The Kier molecular flexibility index (Phi) is 2.75. The molecule has 0 spiro atoms. The van der Waals surface area contributed by atoms with Gasteiger partial charge in [-0.3, -0.25) is 0 Å². The fourth-order valence-corrected chi connectivity index (χ4v) is 1.95. The summed E-state index contributed by atoms with van der Waals surface area (Å²) >= 11 is 0. The molecule has 1 aromatic carbocycles. The van der Waals surface area contributed by atoms with Gasteiger partial charge in [-0.1, -0.05) is 24.1 Å². The molecule has 1 N–H and O–H groups in total. The van der Waals surface area contributed by atoms with Gasteiger partial charge in [0.1, 0.15) is 0 Å². The van der Waals surface area contributed by atoms with Crippen molar-refractivity contribution < 1.29 is 5.11 Å². The number of hydrogen-bond donors (Lipinski definition) is 1. The molecule has 0 amide bonds. The first kappa shape index (κ1) is 11.5. The van der Waals surface area contributed by atoms with E-state index >= 15 is 0 Å². The lowest BCUT2D eigenvalue weighted by atomic mass is 10.1. The lowest BCUT2D eigenvalue weighted by Crippen LogP contribution is -1.98. The second-order valence-electron chi connectivity index (χ2n) is 4.10. The molecule has 0 radical (unpaired) electrons. The normalized spacial score (nSPS) is 10.5. The van der Waals surface area contributed by atoms with Crippen LogP contribution in [0.5, 0.6) is 0 Å². The van der Waals surface area contributed by atoms with Crippen LogP contribution in [-0.2, 0) is 6.61 Å². The van der Waals surface area contributed by atoms with Crippen LogP contribution in [-0.4, -0.2) is 19.7 Å². The van der Waals surface area contributed by atoms with Crippen molar-refractivity contribution in [3.63, 3.8) is 0 Å². The monoisotopic (exact) mass is 249 g/mol. The summed E-state index contributed by atoms with van der Waals surface area (Å²) in [5.41, 5.74) is 4.85. The number of terminal acetylenes is 1. The van der Waals surface area contributed by atoms with Crippen LogP contribution in [0.15, 0.2) is 42.7 Å². The Morgan fingerprint density at radius 2 is 2.11 bits per heavy atom. The summed E-state index contributed by atoms with van der Waals surface area (Å²) in [5.74, 6) is 2.49. The van der Waals surface area contributed by atoms with Crippen LogP contribution in [0.4, 0.5) is 0 Å². The van der Waals surface area contributed by atoms with E-state index < -0.39 is 0 Å². The maximum atomic E-state index is 8.75. The molecule has 3 aromatic rings. The molecule has 2 aliphatic rings. The Bertz CT molecular complexity index is 778. The van der Waals surface area contributed by atoms with Crippen LogP contribution in [0.1, 0.15) is 11.1 Å². The second-order valence-corrected chi connectivity index (χ2v) is 4.10. The summed E-state index contributed by atoms with van der Waals surface area (Å²) in [6, 6.07) is 9.30. The van der Waals surface area contributed by atoms with Crippen molar-refractivity contribution >= 4 is 5.65 Å². The number of aliphatic hydroxyl groups excluding tert-OH is 1. The highest BCUT2D eigenvalue weighted by Crippen LogP contribution is 2.29. The zero-order valence-corrected chi connectivity index (χ0v) is 10.1. The van der Waals surface area contributed by atoms with Gasteiger partial charge in [0, 0.05) is 11.8 Å². The molecule has 5 rings (SSSR count). The van der Waals surface area contributed by atoms with Crippen LogP contribution in [0.2, 0.25) is 0 Å². The maximum Gasteiger partial charge on any atom is 0.164 e. The molecule has 0 atom stereocenters. The van der Waals surface area contributed by atoms with Crippen molar-refractivity contribution in [3.05, 3.63) is 53.9 Å². The van der Waals surface area contributed by atoms with Crippen molar-refractivity contribution in [2.24, 2.45) is 0 Å². The molecule has 0 fully saturated rings. The van der Waals surface area contributed by atoms with Crippen molar-refractivity contribution in [1.29, 1.82) is 0 Å². The molecule has 0 saturated carbocycles. The molecule has 2 aromatic heterocycles. The topological polar surface area (TPSA) is 50.4 Å². The summed E-state index contributed by atoms with van der Waals surface area (Å²) in [4.78, 5) is 4.16. The van der Waals surface area contributed by atoms with Gasteiger partial charge >= 0.3 is 0 Å². The van der Waals surface area contributed by atoms with E-state index in [0.717, 1.165) is 22.5 Å². The predicted molar refractivity (Wildman–Crippen MR) is 72.3 cm³/mol. The molecule has 2 aliphatic heterocycles. The van der Waals surface area contributed by atoms with Gasteiger partial charge in [0.2, 0.25) is 0 Å². The molecule has 19 heavy (non-hydrogen) atoms. The number of aliphatic hydroxyl groups is 1. The molecule has 4 heteroatoms. The number of fused-ring (bicyclic) bond motifs is 1. The molecule has 4 bridgehead atoms. The van der Waals surface area contributed by atoms with E-state index in [1.54, 1.807) is 4.52 Å². The largest absolute Gasteiger partial charge is 0.392 e. The van der Waals surface area contributed by atoms with Gasteiger partial charge in [-0.25, -0.2) is 9.50 Å². The number of benzene rings is 1. The first-order chi connectivity index (χ1) is 9.33. The van der Waals surface area contributed by atoms with Gasteiger partial charge in [-0.2, -0.15) is 5.10 Å². The van der Waals surface area contributed by atoms with Gasteiger partial charge in [-0.15, -0.1) is 6.42 Å². The Hall–Kier alpha value is -2.64. The minimum Gasteiger partial charge on any atom is -0.392 e. The van der Waals surface area contributed by atoms with Crippen LogP contribution in [0.25, 0.3) is 16.9 Å². The molecule has 0 saturated heterocycles. The zero-order chi connectivity index (χ0) is 13.2. The van der Waals surface area contributed by atoms with Crippen molar-refractivity contribution in [3.8, 4) is 23.6 Å². The van der Waals surface area contributed by atoms with Gasteiger partial charge in [-0.05, 0) is 17.7 Å². The summed E-state index contributed by atoms with van der Waals surface area (Å²) in [6.07, 6.45) is 8.93. The number of hydrogen-bond acceptors (Lipinski definition) is 3. The maximum absolute atomic E-state index is 8.75. The van der Waals surface area contributed by atoms with Gasteiger partial charge in [0.05, 0.1) is 24.1 Å².